The number of nitrogens with zero attached hydrogens (tertiary/aromatic N) is 2. The third-order valence-corrected chi connectivity index (χ3v) is 8.75. The second kappa shape index (κ2) is 10.6. The summed E-state index contributed by atoms with van der Waals surface area (Å²) in [5, 5.41) is 1.03. The number of rotatable bonds is 6. The molecule has 5 heteroatoms. The molecule has 0 unspecified atom stereocenters. The van der Waals surface area contributed by atoms with Gasteiger partial charge in [-0.25, -0.2) is 0 Å². The van der Waals surface area contributed by atoms with Crippen LogP contribution < -0.4 is 5.56 Å². The van der Waals surface area contributed by atoms with Gasteiger partial charge < -0.3 is 9.88 Å². The minimum atomic E-state index is -0.0594. The van der Waals surface area contributed by atoms with E-state index in [1.54, 1.807) is 0 Å². The highest BCUT2D eigenvalue weighted by molar-refractivity contribution is 5.80. The lowest BCUT2D eigenvalue weighted by Crippen LogP contribution is -2.59. The first-order valence-electron chi connectivity index (χ1n) is 13.8. The fourth-order valence-electron chi connectivity index (χ4n) is 6.84. The largest absolute Gasteiger partial charge is 0.336 e. The molecule has 2 aromatic rings. The van der Waals surface area contributed by atoms with Gasteiger partial charge in [0.05, 0.1) is 6.54 Å². The molecule has 2 heterocycles. The minimum Gasteiger partial charge on any atom is -0.336 e. The van der Waals surface area contributed by atoms with Crippen LogP contribution >= 0.6 is 0 Å². The number of piperidine rings is 1. The zero-order chi connectivity index (χ0) is 23.4. The fourth-order valence-corrected chi connectivity index (χ4v) is 6.84. The van der Waals surface area contributed by atoms with Gasteiger partial charge in [0.2, 0.25) is 5.91 Å². The van der Waals surface area contributed by atoms with E-state index in [4.69, 9.17) is 0 Å². The normalized spacial score (nSPS) is 22.0. The molecular formula is C29H41N3O2. The van der Waals surface area contributed by atoms with Crippen molar-refractivity contribution in [3.05, 3.63) is 46.2 Å². The Bertz CT molecular complexity index is 1030. The summed E-state index contributed by atoms with van der Waals surface area (Å²) in [6, 6.07) is 9.94. The highest BCUT2D eigenvalue weighted by Gasteiger charge is 2.41. The number of likely N-dealkylation sites (tertiary alicyclic amines) is 1. The number of H-pyrrole nitrogens is 1. The molecule has 0 atom stereocenters. The number of fused-ring (bicyclic) bond motifs is 1. The number of aromatic amines is 1. The van der Waals surface area contributed by atoms with Gasteiger partial charge in [-0.1, -0.05) is 63.1 Å². The Kier molecular flexibility index (Phi) is 7.38. The maximum atomic E-state index is 14.0. The monoisotopic (exact) mass is 463 g/mol. The molecule has 1 aromatic heterocycles. The lowest BCUT2D eigenvalue weighted by atomic mass is 9.78. The van der Waals surface area contributed by atoms with Crippen molar-refractivity contribution < 1.29 is 4.79 Å². The third-order valence-electron chi connectivity index (χ3n) is 8.75. The van der Waals surface area contributed by atoms with Gasteiger partial charge in [-0.3, -0.25) is 14.5 Å². The Hall–Kier alpha value is -2.14. The van der Waals surface area contributed by atoms with Gasteiger partial charge in [-0.15, -0.1) is 0 Å². The third kappa shape index (κ3) is 5.10. The topological polar surface area (TPSA) is 56.4 Å². The average Bonchev–Trinajstić information content (AvgIpc) is 2.90. The first kappa shape index (κ1) is 23.6. The van der Waals surface area contributed by atoms with Crippen molar-refractivity contribution >= 4 is 16.8 Å². The Balaban J connectivity index is 1.46. The molecule has 0 bridgehead atoms. The van der Waals surface area contributed by atoms with Crippen LogP contribution in [0.15, 0.2) is 35.1 Å². The fraction of sp³-hybridized carbons (Fsp3) is 0.655. The standard InChI is InChI=1S/C29H41N3O2/c33-27-25(20-24-14-6-7-15-26(24)30-27)21-31(28(34)23-12-4-1-5-13-23)22-29(16-8-2-9-17-29)32-18-10-3-11-19-32/h6-7,14-15,20,23H,1-5,8-13,16-19,21-22H2,(H,30,33). The minimum absolute atomic E-state index is 0.0594. The Morgan fingerprint density at radius 1 is 0.941 bits per heavy atom. The molecule has 2 saturated carbocycles. The number of nitrogens with one attached hydrogen (secondary N) is 1. The lowest BCUT2D eigenvalue weighted by molar-refractivity contribution is -0.140. The first-order chi connectivity index (χ1) is 16.6. The van der Waals surface area contributed by atoms with E-state index >= 15 is 0 Å². The molecule has 1 saturated heterocycles. The highest BCUT2D eigenvalue weighted by atomic mass is 16.2. The van der Waals surface area contributed by atoms with Crippen LogP contribution in [0.25, 0.3) is 10.9 Å². The van der Waals surface area contributed by atoms with Crippen molar-refractivity contribution in [2.45, 2.75) is 95.6 Å². The summed E-state index contributed by atoms with van der Waals surface area (Å²) < 4.78 is 0. The Morgan fingerprint density at radius 2 is 1.62 bits per heavy atom. The van der Waals surface area contributed by atoms with Gasteiger partial charge in [0.15, 0.2) is 0 Å². The van der Waals surface area contributed by atoms with Gasteiger partial charge in [0.25, 0.3) is 5.56 Å². The van der Waals surface area contributed by atoms with E-state index in [2.05, 4.69) is 14.8 Å². The second-order valence-corrected chi connectivity index (χ2v) is 11.1. The molecule has 2 aliphatic carbocycles. The van der Waals surface area contributed by atoms with Crippen LogP contribution in [0, 0.1) is 5.92 Å². The van der Waals surface area contributed by atoms with Gasteiger partial charge >= 0.3 is 0 Å². The van der Waals surface area contributed by atoms with Crippen molar-refractivity contribution in [1.29, 1.82) is 0 Å². The van der Waals surface area contributed by atoms with Crippen molar-refractivity contribution in [1.82, 2.24) is 14.8 Å². The van der Waals surface area contributed by atoms with Gasteiger partial charge in [0, 0.05) is 29.1 Å². The number of hydrogen-bond acceptors (Lipinski definition) is 3. The van der Waals surface area contributed by atoms with Gasteiger partial charge in [0.1, 0.15) is 0 Å². The van der Waals surface area contributed by atoms with E-state index in [1.807, 2.05) is 30.3 Å². The number of para-hydroxylation sites is 1. The number of aromatic nitrogens is 1. The smallest absolute Gasteiger partial charge is 0.253 e. The van der Waals surface area contributed by atoms with Crippen molar-refractivity contribution in [3.63, 3.8) is 0 Å². The van der Waals surface area contributed by atoms with E-state index < -0.39 is 0 Å². The Morgan fingerprint density at radius 3 is 2.38 bits per heavy atom. The zero-order valence-corrected chi connectivity index (χ0v) is 20.7. The molecule has 5 nitrogen and oxygen atoms in total. The predicted molar refractivity (Wildman–Crippen MR) is 138 cm³/mol. The molecule has 3 aliphatic rings. The van der Waals surface area contributed by atoms with E-state index in [9.17, 15) is 9.59 Å². The molecule has 184 valence electrons. The molecule has 1 N–H and O–H groups in total. The summed E-state index contributed by atoms with van der Waals surface area (Å²) in [6.07, 6.45) is 15.6. The van der Waals surface area contributed by atoms with Crippen molar-refractivity contribution in [2.24, 2.45) is 5.92 Å². The molecule has 1 aromatic carbocycles. The van der Waals surface area contributed by atoms with E-state index in [-0.39, 0.29) is 22.9 Å². The molecule has 0 spiro atoms. The van der Waals surface area contributed by atoms with Crippen LogP contribution in [0.2, 0.25) is 0 Å². The van der Waals surface area contributed by atoms with E-state index in [0.29, 0.717) is 12.1 Å². The maximum absolute atomic E-state index is 14.0. The van der Waals surface area contributed by atoms with E-state index in [0.717, 1.165) is 56.2 Å². The maximum Gasteiger partial charge on any atom is 0.253 e. The SMILES string of the molecule is O=C(C1CCCCC1)N(Cc1cc2ccccc2[nH]c1=O)CC1(N2CCCCC2)CCCCC1. The lowest BCUT2D eigenvalue weighted by Gasteiger charge is -2.50. The number of carbonyl (C=O) groups is 1. The second-order valence-electron chi connectivity index (χ2n) is 11.1. The molecule has 1 aliphatic heterocycles. The summed E-state index contributed by atoms with van der Waals surface area (Å²) in [5.74, 6) is 0.407. The summed E-state index contributed by atoms with van der Waals surface area (Å²) in [5.41, 5.74) is 1.59. The van der Waals surface area contributed by atoms with Gasteiger partial charge in [-0.2, -0.15) is 0 Å². The van der Waals surface area contributed by atoms with Crippen LogP contribution in [0.3, 0.4) is 0 Å². The summed E-state index contributed by atoms with van der Waals surface area (Å²) >= 11 is 0. The number of hydrogen-bond donors (Lipinski definition) is 1. The summed E-state index contributed by atoms with van der Waals surface area (Å²) in [7, 11) is 0. The number of carbonyl (C=O) groups excluding carboxylic acids is 1. The molecular weight excluding hydrogens is 422 g/mol. The number of benzene rings is 1. The van der Waals surface area contributed by atoms with Gasteiger partial charge in [-0.05, 0) is 69.1 Å². The molecule has 5 rings (SSSR count). The molecule has 3 fully saturated rings. The first-order valence-corrected chi connectivity index (χ1v) is 13.8. The van der Waals surface area contributed by atoms with E-state index in [1.165, 1.54) is 57.8 Å². The molecule has 0 radical (unpaired) electrons. The summed E-state index contributed by atoms with van der Waals surface area (Å²) in [6.45, 7) is 3.50. The zero-order valence-electron chi connectivity index (χ0n) is 20.7. The van der Waals surface area contributed by atoms with Crippen LogP contribution in [0.4, 0.5) is 0 Å². The quantitative estimate of drug-likeness (QED) is 0.604. The summed E-state index contributed by atoms with van der Waals surface area (Å²) in [4.78, 5) is 34.9. The van der Waals surface area contributed by atoms with Crippen LogP contribution in [0.5, 0.6) is 0 Å². The van der Waals surface area contributed by atoms with Crippen LogP contribution in [-0.4, -0.2) is 45.9 Å². The highest BCUT2D eigenvalue weighted by Crippen LogP contribution is 2.37. The van der Waals surface area contributed by atoms with Crippen LogP contribution in [-0.2, 0) is 11.3 Å². The average molecular weight is 464 g/mol. The molecule has 34 heavy (non-hydrogen) atoms. The predicted octanol–water partition coefficient (Wildman–Crippen LogP) is 5.63. The Labute approximate surface area is 203 Å². The van der Waals surface area contributed by atoms with Crippen molar-refractivity contribution in [2.75, 3.05) is 19.6 Å². The van der Waals surface area contributed by atoms with Crippen LogP contribution in [0.1, 0.15) is 89.0 Å². The number of amides is 1. The van der Waals surface area contributed by atoms with Crippen molar-refractivity contribution in [3.8, 4) is 0 Å². The molecule has 1 amide bonds. The number of pyridine rings is 1.